The zero-order valence-corrected chi connectivity index (χ0v) is 20.1. The number of nitrogens with one attached hydrogen (secondary N) is 1. The summed E-state index contributed by atoms with van der Waals surface area (Å²) < 4.78 is 6.75. The average Bonchev–Trinajstić information content (AvgIpc) is 2.90. The molecule has 186 valence electrons. The van der Waals surface area contributed by atoms with Crippen molar-refractivity contribution in [2.24, 2.45) is 11.8 Å². The van der Waals surface area contributed by atoms with Gasteiger partial charge < -0.3 is 14.3 Å². The van der Waals surface area contributed by atoms with Gasteiger partial charge in [0.15, 0.2) is 18.2 Å². The first-order chi connectivity index (χ1) is 17.0. The van der Waals surface area contributed by atoms with Gasteiger partial charge in [0.1, 0.15) is 6.54 Å². The minimum atomic E-state index is -1.64. The quantitative estimate of drug-likeness (QED) is 0.468. The van der Waals surface area contributed by atoms with Crippen molar-refractivity contribution in [3.8, 4) is 0 Å². The van der Waals surface area contributed by atoms with E-state index in [0.717, 1.165) is 58.0 Å². The summed E-state index contributed by atoms with van der Waals surface area (Å²) >= 11 is 0. The zero-order valence-electron chi connectivity index (χ0n) is 20.1. The Labute approximate surface area is 206 Å². The van der Waals surface area contributed by atoms with Crippen LogP contribution in [0.3, 0.4) is 0 Å². The van der Waals surface area contributed by atoms with Crippen LogP contribution in [0, 0.1) is 11.8 Å². The Hall–Kier alpha value is -2.84. The SMILES string of the molecule is O=C(C[N+]12CCC(CC1)[C@@H](OC(=O)C(O)(c1ccccc1)C1CCCCC1)C2)Nc1ncccn1. The number of rotatable bonds is 7. The summed E-state index contributed by atoms with van der Waals surface area (Å²) in [7, 11) is 0. The molecule has 8 nitrogen and oxygen atoms in total. The number of aromatic nitrogens is 2. The number of nitrogens with zero attached hydrogens (tertiary/aromatic N) is 3. The van der Waals surface area contributed by atoms with Crippen molar-refractivity contribution >= 4 is 17.8 Å². The number of quaternary nitrogens is 1. The van der Waals surface area contributed by atoms with E-state index in [1.165, 1.54) is 0 Å². The van der Waals surface area contributed by atoms with Crippen LogP contribution in [0.4, 0.5) is 5.95 Å². The smallest absolute Gasteiger partial charge is 0.343 e. The highest BCUT2D eigenvalue weighted by molar-refractivity contribution is 5.89. The van der Waals surface area contributed by atoms with Gasteiger partial charge in [-0.25, -0.2) is 14.8 Å². The predicted molar refractivity (Wildman–Crippen MR) is 130 cm³/mol. The molecule has 4 heterocycles. The third-order valence-corrected chi connectivity index (χ3v) is 8.32. The number of carbonyl (C=O) groups excluding carboxylic acids is 2. The minimum Gasteiger partial charge on any atom is -0.454 e. The number of aliphatic hydroxyl groups is 1. The molecule has 35 heavy (non-hydrogen) atoms. The van der Waals surface area contributed by atoms with E-state index < -0.39 is 11.6 Å². The summed E-state index contributed by atoms with van der Waals surface area (Å²) in [5.41, 5.74) is -1.02. The molecule has 1 saturated carbocycles. The van der Waals surface area contributed by atoms with Crippen LogP contribution in [-0.4, -0.2) is 63.7 Å². The molecule has 2 aromatic rings. The largest absolute Gasteiger partial charge is 0.454 e. The Balaban J connectivity index is 1.30. The number of fused-ring (bicyclic) bond motifs is 3. The van der Waals surface area contributed by atoms with E-state index in [-0.39, 0.29) is 23.8 Å². The third kappa shape index (κ3) is 4.95. The van der Waals surface area contributed by atoms with Crippen molar-refractivity contribution in [1.82, 2.24) is 9.97 Å². The monoisotopic (exact) mass is 479 g/mol. The number of ether oxygens (including phenoxy) is 1. The van der Waals surface area contributed by atoms with Gasteiger partial charge in [0.05, 0.1) is 13.1 Å². The van der Waals surface area contributed by atoms with E-state index in [1.54, 1.807) is 18.5 Å². The fourth-order valence-corrected chi connectivity index (χ4v) is 6.37. The molecule has 2 bridgehead atoms. The van der Waals surface area contributed by atoms with Crippen LogP contribution in [0.5, 0.6) is 0 Å². The second-order valence-electron chi connectivity index (χ2n) is 10.5. The number of anilines is 1. The molecule has 0 radical (unpaired) electrons. The standard InChI is InChI=1S/C27H34N4O4/c32-24(30-26-28-14-7-15-29-26)19-31-16-12-20(13-17-31)23(18-31)35-25(33)27(34,21-8-3-1-4-9-21)22-10-5-2-6-11-22/h1,3-4,7-9,14-15,20,22-23,34H,2,5-6,10-13,16-19H2/p+1/t20?,23-,27?,31?/m0/s1. The summed E-state index contributed by atoms with van der Waals surface area (Å²) in [6.07, 6.45) is 9.49. The summed E-state index contributed by atoms with van der Waals surface area (Å²) in [5.74, 6) is -0.247. The van der Waals surface area contributed by atoms with Gasteiger partial charge in [0.2, 0.25) is 5.95 Å². The van der Waals surface area contributed by atoms with E-state index in [2.05, 4.69) is 15.3 Å². The maximum atomic E-state index is 13.7. The zero-order chi connectivity index (χ0) is 24.3. The molecule has 2 atom stereocenters. The number of benzene rings is 1. The van der Waals surface area contributed by atoms with Gasteiger partial charge in [-0.2, -0.15) is 0 Å². The molecule has 6 rings (SSSR count). The second kappa shape index (κ2) is 10.0. The van der Waals surface area contributed by atoms with Gasteiger partial charge >= 0.3 is 5.97 Å². The average molecular weight is 480 g/mol. The van der Waals surface area contributed by atoms with Crippen LogP contribution in [0.2, 0.25) is 0 Å². The van der Waals surface area contributed by atoms with Gasteiger partial charge in [0.25, 0.3) is 5.91 Å². The van der Waals surface area contributed by atoms with Gasteiger partial charge in [0, 0.05) is 37.1 Å². The lowest BCUT2D eigenvalue weighted by Gasteiger charge is -2.52. The Kier molecular flexibility index (Phi) is 6.84. The van der Waals surface area contributed by atoms with Crippen molar-refractivity contribution in [2.45, 2.75) is 56.7 Å². The number of carbonyl (C=O) groups is 2. The van der Waals surface area contributed by atoms with Crippen molar-refractivity contribution in [3.63, 3.8) is 0 Å². The normalized spacial score (nSPS) is 28.1. The predicted octanol–water partition coefficient (Wildman–Crippen LogP) is 3.04. The van der Waals surface area contributed by atoms with Crippen molar-refractivity contribution < 1.29 is 23.9 Å². The highest BCUT2D eigenvalue weighted by Crippen LogP contribution is 2.42. The molecule has 4 aliphatic rings. The Morgan fingerprint density at radius 3 is 2.37 bits per heavy atom. The summed E-state index contributed by atoms with van der Waals surface area (Å²) in [6.45, 7) is 2.65. The molecule has 1 amide bonds. The first-order valence-corrected chi connectivity index (χ1v) is 12.9. The Morgan fingerprint density at radius 2 is 1.69 bits per heavy atom. The summed E-state index contributed by atoms with van der Waals surface area (Å²) in [5, 5.41) is 14.7. The number of hydrogen-bond acceptors (Lipinski definition) is 6. The van der Waals surface area contributed by atoms with E-state index in [0.29, 0.717) is 29.1 Å². The Morgan fingerprint density at radius 1 is 1.00 bits per heavy atom. The van der Waals surface area contributed by atoms with Crippen molar-refractivity contribution in [1.29, 1.82) is 0 Å². The molecule has 4 fully saturated rings. The fraction of sp³-hybridized carbons (Fsp3) is 0.556. The maximum absolute atomic E-state index is 13.7. The highest BCUT2D eigenvalue weighted by Gasteiger charge is 2.52. The Bertz CT molecular complexity index is 1020. The number of piperidine rings is 3. The van der Waals surface area contributed by atoms with Gasteiger partial charge in [-0.15, -0.1) is 0 Å². The lowest BCUT2D eigenvalue weighted by Crippen LogP contribution is -2.66. The summed E-state index contributed by atoms with van der Waals surface area (Å²) in [4.78, 5) is 34.6. The van der Waals surface area contributed by atoms with E-state index in [1.807, 2.05) is 30.3 Å². The minimum absolute atomic E-state index is 0.135. The number of amides is 1. The van der Waals surface area contributed by atoms with Crippen LogP contribution < -0.4 is 5.32 Å². The van der Waals surface area contributed by atoms with Crippen LogP contribution in [0.15, 0.2) is 48.8 Å². The first-order valence-electron chi connectivity index (χ1n) is 12.9. The van der Waals surface area contributed by atoms with Crippen LogP contribution in [0.1, 0.15) is 50.5 Å². The molecule has 1 aliphatic carbocycles. The lowest BCUT2D eigenvalue weighted by molar-refractivity contribution is -0.939. The molecule has 1 unspecified atom stereocenters. The molecule has 1 aromatic carbocycles. The van der Waals surface area contributed by atoms with Crippen LogP contribution in [0.25, 0.3) is 0 Å². The third-order valence-electron chi connectivity index (χ3n) is 8.32. The second-order valence-corrected chi connectivity index (χ2v) is 10.5. The molecule has 1 aromatic heterocycles. The van der Waals surface area contributed by atoms with Crippen molar-refractivity contribution in [2.75, 3.05) is 31.5 Å². The molecular weight excluding hydrogens is 444 g/mol. The molecular formula is C27H35N4O4+. The van der Waals surface area contributed by atoms with E-state index >= 15 is 0 Å². The van der Waals surface area contributed by atoms with Crippen LogP contribution in [-0.2, 0) is 19.9 Å². The van der Waals surface area contributed by atoms with E-state index in [4.69, 9.17) is 4.74 Å². The fourth-order valence-electron chi connectivity index (χ4n) is 6.37. The topological polar surface area (TPSA) is 101 Å². The maximum Gasteiger partial charge on any atom is 0.343 e. The van der Waals surface area contributed by atoms with Crippen molar-refractivity contribution in [3.05, 3.63) is 54.4 Å². The molecule has 2 N–H and O–H groups in total. The highest BCUT2D eigenvalue weighted by atomic mass is 16.6. The van der Waals surface area contributed by atoms with Gasteiger partial charge in [-0.3, -0.25) is 10.1 Å². The van der Waals surface area contributed by atoms with Crippen LogP contribution >= 0.6 is 0 Å². The molecule has 3 aliphatic heterocycles. The molecule has 8 heteroatoms. The van der Waals surface area contributed by atoms with E-state index in [9.17, 15) is 14.7 Å². The number of esters is 1. The lowest BCUT2D eigenvalue weighted by atomic mass is 9.73. The first kappa shape index (κ1) is 23.9. The number of hydrogen-bond donors (Lipinski definition) is 2. The molecule has 3 saturated heterocycles. The van der Waals surface area contributed by atoms with Gasteiger partial charge in [-0.1, -0.05) is 49.6 Å². The molecule has 0 spiro atoms. The summed E-state index contributed by atoms with van der Waals surface area (Å²) in [6, 6.07) is 11.0. The van der Waals surface area contributed by atoms with Gasteiger partial charge in [-0.05, 0) is 24.5 Å².